The summed E-state index contributed by atoms with van der Waals surface area (Å²) in [6.07, 6.45) is 2.34. The van der Waals surface area contributed by atoms with E-state index >= 15 is 0 Å². The lowest BCUT2D eigenvalue weighted by Crippen LogP contribution is -2.50. The van der Waals surface area contributed by atoms with Crippen molar-refractivity contribution in [1.29, 1.82) is 0 Å². The van der Waals surface area contributed by atoms with Crippen LogP contribution >= 0.6 is 15.9 Å². The summed E-state index contributed by atoms with van der Waals surface area (Å²) in [7, 11) is 0. The minimum Gasteiger partial charge on any atom is -0.457 e. The molecule has 1 N–H and O–H groups in total. The number of carbonyl (C=O) groups excluding carboxylic acids is 1. The normalized spacial score (nSPS) is 29.3. The first-order valence-corrected chi connectivity index (χ1v) is 5.99. The van der Waals surface area contributed by atoms with Crippen molar-refractivity contribution in [1.82, 2.24) is 5.32 Å². The van der Waals surface area contributed by atoms with Crippen LogP contribution in [0.1, 0.15) is 30.6 Å². The Morgan fingerprint density at radius 3 is 2.94 bits per heavy atom. The zero-order chi connectivity index (χ0) is 11.8. The van der Waals surface area contributed by atoms with E-state index in [4.69, 9.17) is 9.15 Å². The molecule has 1 fully saturated rings. The fourth-order valence-corrected chi connectivity index (χ4v) is 2.20. The molecular formula is C11H14BrNO3. The van der Waals surface area contributed by atoms with Crippen LogP contribution in [0.4, 0.5) is 0 Å². The molecule has 1 aromatic rings. The van der Waals surface area contributed by atoms with Crippen molar-refractivity contribution in [3.63, 3.8) is 0 Å². The third kappa shape index (κ3) is 2.01. The van der Waals surface area contributed by atoms with Crippen molar-refractivity contribution in [2.24, 2.45) is 0 Å². The van der Waals surface area contributed by atoms with Crippen LogP contribution in [-0.4, -0.2) is 24.2 Å². The van der Waals surface area contributed by atoms with Gasteiger partial charge in [-0.05, 0) is 42.3 Å². The maximum absolute atomic E-state index is 12.0. The summed E-state index contributed by atoms with van der Waals surface area (Å²) in [5.74, 6) is -0.138. The van der Waals surface area contributed by atoms with Gasteiger partial charge in [0.15, 0.2) is 4.67 Å². The molecule has 1 aliphatic heterocycles. The summed E-state index contributed by atoms with van der Waals surface area (Å²) >= 11 is 3.19. The Bertz CT molecular complexity index is 404. The Morgan fingerprint density at radius 2 is 2.44 bits per heavy atom. The van der Waals surface area contributed by atoms with Gasteiger partial charge in [0.25, 0.3) is 5.91 Å². The monoisotopic (exact) mass is 287 g/mol. The van der Waals surface area contributed by atoms with E-state index in [1.54, 1.807) is 6.07 Å². The second-order valence-electron chi connectivity index (χ2n) is 4.24. The average molecular weight is 288 g/mol. The molecule has 2 rings (SSSR count). The molecule has 4 nitrogen and oxygen atoms in total. The van der Waals surface area contributed by atoms with Crippen molar-refractivity contribution >= 4 is 21.8 Å². The van der Waals surface area contributed by atoms with Gasteiger partial charge in [0.05, 0.1) is 23.5 Å². The first kappa shape index (κ1) is 11.7. The Balaban J connectivity index is 2.11. The van der Waals surface area contributed by atoms with Gasteiger partial charge in [-0.1, -0.05) is 0 Å². The van der Waals surface area contributed by atoms with Gasteiger partial charge in [0.2, 0.25) is 0 Å². The van der Waals surface area contributed by atoms with Gasteiger partial charge in [-0.2, -0.15) is 0 Å². The molecule has 1 saturated heterocycles. The first-order chi connectivity index (χ1) is 7.53. The SMILES string of the molecule is CC1OCCC1(C)NC(=O)c1ccoc1Br. The quantitative estimate of drug-likeness (QED) is 0.908. The Morgan fingerprint density at radius 1 is 1.69 bits per heavy atom. The maximum Gasteiger partial charge on any atom is 0.256 e. The molecule has 2 unspecified atom stereocenters. The Kier molecular flexibility index (Phi) is 3.08. The Labute approximate surface area is 102 Å². The number of halogens is 1. The predicted molar refractivity (Wildman–Crippen MR) is 62.3 cm³/mol. The van der Waals surface area contributed by atoms with Crippen molar-refractivity contribution in [2.45, 2.75) is 31.9 Å². The summed E-state index contributed by atoms with van der Waals surface area (Å²) in [6, 6.07) is 1.64. The molecule has 0 aliphatic carbocycles. The minimum absolute atomic E-state index is 0.0297. The van der Waals surface area contributed by atoms with Gasteiger partial charge in [0, 0.05) is 6.61 Å². The van der Waals surface area contributed by atoms with Gasteiger partial charge < -0.3 is 14.5 Å². The zero-order valence-electron chi connectivity index (χ0n) is 9.25. The topological polar surface area (TPSA) is 51.5 Å². The average Bonchev–Trinajstić information content (AvgIpc) is 2.75. The van der Waals surface area contributed by atoms with Gasteiger partial charge >= 0.3 is 0 Å². The maximum atomic E-state index is 12.0. The molecular weight excluding hydrogens is 274 g/mol. The summed E-state index contributed by atoms with van der Waals surface area (Å²) in [4.78, 5) is 12.0. The third-order valence-electron chi connectivity index (χ3n) is 3.15. The highest BCUT2D eigenvalue weighted by Gasteiger charge is 2.38. The number of carbonyl (C=O) groups is 1. The number of rotatable bonds is 2. The fourth-order valence-electron chi connectivity index (χ4n) is 1.78. The molecule has 1 amide bonds. The van der Waals surface area contributed by atoms with Crippen molar-refractivity contribution in [3.8, 4) is 0 Å². The van der Waals surface area contributed by atoms with E-state index in [-0.39, 0.29) is 17.6 Å². The number of nitrogens with one attached hydrogen (secondary N) is 1. The number of ether oxygens (including phenoxy) is 1. The second kappa shape index (κ2) is 4.22. The molecule has 0 saturated carbocycles. The van der Waals surface area contributed by atoms with E-state index in [0.29, 0.717) is 16.8 Å². The minimum atomic E-state index is -0.298. The van der Waals surface area contributed by atoms with Crippen LogP contribution in [0.3, 0.4) is 0 Å². The van der Waals surface area contributed by atoms with Gasteiger partial charge in [0.1, 0.15) is 0 Å². The zero-order valence-corrected chi connectivity index (χ0v) is 10.8. The summed E-state index contributed by atoms with van der Waals surface area (Å²) < 4.78 is 11.0. The van der Waals surface area contributed by atoms with Crippen LogP contribution in [-0.2, 0) is 4.74 Å². The molecule has 1 aliphatic rings. The van der Waals surface area contributed by atoms with Crippen molar-refractivity contribution < 1.29 is 13.9 Å². The molecule has 0 bridgehead atoms. The van der Waals surface area contributed by atoms with Gasteiger partial charge in [-0.3, -0.25) is 4.79 Å². The van der Waals surface area contributed by atoms with E-state index in [0.717, 1.165) is 6.42 Å². The first-order valence-electron chi connectivity index (χ1n) is 5.20. The van der Waals surface area contributed by atoms with Crippen molar-refractivity contribution in [3.05, 3.63) is 22.6 Å². The van der Waals surface area contributed by atoms with Gasteiger partial charge in [-0.15, -0.1) is 0 Å². The predicted octanol–water partition coefficient (Wildman–Crippen LogP) is 2.34. The lowest BCUT2D eigenvalue weighted by Gasteiger charge is -2.28. The number of hydrogen-bond donors (Lipinski definition) is 1. The second-order valence-corrected chi connectivity index (χ2v) is 4.96. The standard InChI is InChI=1S/C11H14BrNO3/c1-7-11(2,4-6-15-7)13-10(14)8-3-5-16-9(8)12/h3,5,7H,4,6H2,1-2H3,(H,13,14). The van der Waals surface area contributed by atoms with Crippen LogP contribution in [0.15, 0.2) is 21.4 Å². The van der Waals surface area contributed by atoms with Crippen LogP contribution in [0.25, 0.3) is 0 Å². The van der Waals surface area contributed by atoms with E-state index in [2.05, 4.69) is 21.2 Å². The number of hydrogen-bond acceptors (Lipinski definition) is 3. The van der Waals surface area contributed by atoms with Crippen LogP contribution in [0.2, 0.25) is 0 Å². The molecule has 88 valence electrons. The fraction of sp³-hybridized carbons (Fsp3) is 0.545. The molecule has 16 heavy (non-hydrogen) atoms. The molecule has 0 spiro atoms. The largest absolute Gasteiger partial charge is 0.457 e. The number of furan rings is 1. The lowest BCUT2D eigenvalue weighted by atomic mass is 9.94. The molecule has 5 heteroatoms. The highest BCUT2D eigenvalue weighted by atomic mass is 79.9. The molecule has 2 atom stereocenters. The lowest BCUT2D eigenvalue weighted by molar-refractivity contribution is 0.0726. The van der Waals surface area contributed by atoms with E-state index in [9.17, 15) is 4.79 Å². The molecule has 2 heterocycles. The number of amides is 1. The summed E-state index contributed by atoms with van der Waals surface area (Å²) in [6.45, 7) is 4.65. The Hall–Kier alpha value is -0.810. The summed E-state index contributed by atoms with van der Waals surface area (Å²) in [5, 5.41) is 2.99. The molecule has 0 aromatic carbocycles. The highest BCUT2D eigenvalue weighted by molar-refractivity contribution is 9.10. The third-order valence-corrected chi connectivity index (χ3v) is 3.76. The van der Waals surface area contributed by atoms with Crippen LogP contribution in [0.5, 0.6) is 0 Å². The summed E-state index contributed by atoms with van der Waals surface area (Å²) in [5.41, 5.74) is 0.216. The molecule has 0 radical (unpaired) electrons. The smallest absolute Gasteiger partial charge is 0.256 e. The van der Waals surface area contributed by atoms with Crippen LogP contribution in [0, 0.1) is 0 Å². The van der Waals surface area contributed by atoms with Gasteiger partial charge in [-0.25, -0.2) is 0 Å². The van der Waals surface area contributed by atoms with E-state index in [1.165, 1.54) is 6.26 Å². The van der Waals surface area contributed by atoms with E-state index in [1.807, 2.05) is 13.8 Å². The van der Waals surface area contributed by atoms with Crippen molar-refractivity contribution in [2.75, 3.05) is 6.61 Å². The highest BCUT2D eigenvalue weighted by Crippen LogP contribution is 2.26. The molecule has 1 aromatic heterocycles. The van der Waals surface area contributed by atoms with Crippen LogP contribution < -0.4 is 5.32 Å². The van der Waals surface area contributed by atoms with E-state index < -0.39 is 0 Å².